The molecule has 2 heterocycles. The highest BCUT2D eigenvalue weighted by molar-refractivity contribution is 7.99. The zero-order chi connectivity index (χ0) is 13.7. The summed E-state index contributed by atoms with van der Waals surface area (Å²) in [5.41, 5.74) is 4.16. The number of carbonyl (C=O) groups is 1. The number of aromatic nitrogens is 5. The number of nitrogens with one attached hydrogen (secondary N) is 2. The Morgan fingerprint density at radius 3 is 3.16 bits per heavy atom. The van der Waals surface area contributed by atoms with Crippen molar-refractivity contribution in [2.45, 2.75) is 12.1 Å². The van der Waals surface area contributed by atoms with E-state index in [-0.39, 0.29) is 11.7 Å². The van der Waals surface area contributed by atoms with Crippen LogP contribution in [0.25, 0.3) is 0 Å². The van der Waals surface area contributed by atoms with Crippen LogP contribution in [0.2, 0.25) is 0 Å². The Hall–Kier alpha value is -2.16. The highest BCUT2D eigenvalue weighted by atomic mass is 32.2. The first-order chi connectivity index (χ1) is 9.15. The molecule has 0 bridgehead atoms. The molecule has 100 valence electrons. The zero-order valence-corrected chi connectivity index (χ0v) is 11.3. The van der Waals surface area contributed by atoms with Gasteiger partial charge in [-0.1, -0.05) is 11.8 Å². The van der Waals surface area contributed by atoms with Gasteiger partial charge in [-0.05, 0) is 6.92 Å². The topological polar surface area (TPSA) is 101 Å². The molecule has 2 N–H and O–H groups in total. The fourth-order valence-electron chi connectivity index (χ4n) is 1.35. The molecule has 0 radical (unpaired) electrons. The van der Waals surface area contributed by atoms with Gasteiger partial charge in [0, 0.05) is 18.8 Å². The number of thioether (sulfide) groups is 1. The summed E-state index contributed by atoms with van der Waals surface area (Å²) in [5.74, 6) is 0.0117. The Morgan fingerprint density at radius 1 is 1.68 bits per heavy atom. The number of hydrogen-bond donors (Lipinski definition) is 2. The van der Waals surface area contributed by atoms with Crippen LogP contribution in [-0.4, -0.2) is 42.8 Å². The third kappa shape index (κ3) is 3.91. The molecule has 9 heteroatoms. The van der Waals surface area contributed by atoms with Crippen molar-refractivity contribution < 1.29 is 4.79 Å². The third-order valence-corrected chi connectivity index (χ3v) is 3.05. The van der Waals surface area contributed by atoms with Gasteiger partial charge >= 0.3 is 0 Å². The van der Waals surface area contributed by atoms with Crippen LogP contribution in [-0.2, 0) is 11.8 Å². The summed E-state index contributed by atoms with van der Waals surface area (Å²) in [5, 5.41) is 15.0. The van der Waals surface area contributed by atoms with Crippen LogP contribution >= 0.6 is 11.8 Å². The lowest BCUT2D eigenvalue weighted by atomic mass is 10.3. The van der Waals surface area contributed by atoms with Crippen molar-refractivity contribution in [1.29, 1.82) is 0 Å². The predicted octanol–water partition coefficient (Wildman–Crippen LogP) is 0.0890. The summed E-state index contributed by atoms with van der Waals surface area (Å²) >= 11 is 1.26. The van der Waals surface area contributed by atoms with Crippen molar-refractivity contribution in [3.63, 3.8) is 0 Å². The Bertz CT molecular complexity index is 575. The lowest BCUT2D eigenvalue weighted by Crippen LogP contribution is -2.19. The van der Waals surface area contributed by atoms with Gasteiger partial charge in [0.15, 0.2) is 5.16 Å². The monoisotopic (exact) mass is 279 g/mol. The van der Waals surface area contributed by atoms with Gasteiger partial charge in [0.25, 0.3) is 5.91 Å². The van der Waals surface area contributed by atoms with Gasteiger partial charge in [-0.25, -0.2) is 10.4 Å². The fraction of sp³-hybridized carbons (Fsp3) is 0.300. The molecule has 0 aromatic carbocycles. The van der Waals surface area contributed by atoms with Gasteiger partial charge < -0.3 is 0 Å². The van der Waals surface area contributed by atoms with E-state index in [1.165, 1.54) is 18.1 Å². The molecular weight excluding hydrogens is 266 g/mol. The Labute approximate surface area is 113 Å². The number of rotatable bonds is 5. The quantitative estimate of drug-likeness (QED) is 0.459. The summed E-state index contributed by atoms with van der Waals surface area (Å²) in [6.45, 7) is 1.88. The fourth-order valence-corrected chi connectivity index (χ4v) is 1.92. The molecule has 2 rings (SSSR count). The van der Waals surface area contributed by atoms with Gasteiger partial charge in [0.05, 0.1) is 17.7 Å². The summed E-state index contributed by atoms with van der Waals surface area (Å²) in [6.07, 6.45) is 4.79. The predicted molar refractivity (Wildman–Crippen MR) is 70.8 cm³/mol. The molecule has 0 atom stereocenters. The average Bonchev–Trinajstić information content (AvgIpc) is 2.97. The van der Waals surface area contributed by atoms with Crippen LogP contribution in [0.4, 0.5) is 0 Å². The van der Waals surface area contributed by atoms with Crippen LogP contribution < -0.4 is 5.43 Å². The molecule has 2 aromatic heterocycles. The number of aryl methyl sites for hydroxylation is 2. The van der Waals surface area contributed by atoms with E-state index in [4.69, 9.17) is 0 Å². The van der Waals surface area contributed by atoms with E-state index in [1.54, 1.807) is 10.9 Å². The molecule has 0 aliphatic heterocycles. The minimum atomic E-state index is -0.209. The van der Waals surface area contributed by atoms with E-state index < -0.39 is 0 Å². The lowest BCUT2D eigenvalue weighted by molar-refractivity contribution is -0.118. The first kappa shape index (κ1) is 13.3. The van der Waals surface area contributed by atoms with E-state index in [1.807, 2.05) is 20.2 Å². The Balaban J connectivity index is 1.78. The second-order valence-corrected chi connectivity index (χ2v) is 4.68. The first-order valence-electron chi connectivity index (χ1n) is 5.45. The van der Waals surface area contributed by atoms with Crippen LogP contribution in [0.1, 0.15) is 11.3 Å². The highest BCUT2D eigenvalue weighted by Gasteiger charge is 2.03. The number of aromatic amines is 1. The molecule has 2 aromatic rings. The lowest BCUT2D eigenvalue weighted by Gasteiger charge is -1.96. The molecule has 8 nitrogen and oxygen atoms in total. The molecule has 0 spiro atoms. The average molecular weight is 279 g/mol. The maximum atomic E-state index is 11.5. The number of hydrazone groups is 1. The normalized spacial score (nSPS) is 11.1. The molecule has 1 amide bonds. The van der Waals surface area contributed by atoms with Crippen LogP contribution in [0.5, 0.6) is 0 Å². The van der Waals surface area contributed by atoms with Crippen LogP contribution in [0.15, 0.2) is 22.8 Å². The van der Waals surface area contributed by atoms with Crippen LogP contribution in [0, 0.1) is 6.92 Å². The van der Waals surface area contributed by atoms with Gasteiger partial charge in [-0.3, -0.25) is 14.6 Å². The molecule has 0 aliphatic rings. The number of carbonyl (C=O) groups excluding carboxylic acids is 1. The summed E-state index contributed by atoms with van der Waals surface area (Å²) in [6, 6.07) is 0. The minimum absolute atomic E-state index is 0.209. The SMILES string of the molecule is Cc1nn(C)cc1/C=N/NC(=O)CSc1ncn[nH]1. The molecule has 19 heavy (non-hydrogen) atoms. The van der Waals surface area contributed by atoms with Gasteiger partial charge in [-0.15, -0.1) is 0 Å². The van der Waals surface area contributed by atoms with Crippen molar-refractivity contribution in [3.8, 4) is 0 Å². The van der Waals surface area contributed by atoms with E-state index >= 15 is 0 Å². The molecule has 0 fully saturated rings. The van der Waals surface area contributed by atoms with Crippen molar-refractivity contribution >= 4 is 23.9 Å². The van der Waals surface area contributed by atoms with E-state index in [9.17, 15) is 4.79 Å². The molecule has 0 aliphatic carbocycles. The van der Waals surface area contributed by atoms with E-state index in [2.05, 4.69) is 30.8 Å². The second-order valence-electron chi connectivity index (χ2n) is 3.72. The summed E-state index contributed by atoms with van der Waals surface area (Å²) in [4.78, 5) is 15.4. The zero-order valence-electron chi connectivity index (χ0n) is 10.5. The summed E-state index contributed by atoms with van der Waals surface area (Å²) in [7, 11) is 1.83. The number of amides is 1. The molecular formula is C10H13N7OS. The Morgan fingerprint density at radius 2 is 2.53 bits per heavy atom. The van der Waals surface area contributed by atoms with Gasteiger partial charge in [0.1, 0.15) is 6.33 Å². The number of H-pyrrole nitrogens is 1. The molecule has 0 saturated heterocycles. The maximum absolute atomic E-state index is 11.5. The first-order valence-corrected chi connectivity index (χ1v) is 6.44. The van der Waals surface area contributed by atoms with E-state index in [0.29, 0.717) is 5.16 Å². The van der Waals surface area contributed by atoms with Crippen molar-refractivity contribution in [1.82, 2.24) is 30.4 Å². The Kier molecular flexibility index (Phi) is 4.29. The maximum Gasteiger partial charge on any atom is 0.250 e. The van der Waals surface area contributed by atoms with E-state index in [0.717, 1.165) is 11.3 Å². The summed E-state index contributed by atoms with van der Waals surface area (Å²) < 4.78 is 1.69. The standard InChI is InChI=1S/C10H13N7OS/c1-7-8(4-17(2)16-7)3-12-14-9(18)5-19-10-11-6-13-15-10/h3-4,6H,5H2,1-2H3,(H,14,18)(H,11,13,15)/b12-3+. The van der Waals surface area contributed by atoms with Crippen molar-refractivity contribution in [2.24, 2.45) is 12.1 Å². The van der Waals surface area contributed by atoms with Crippen LogP contribution in [0.3, 0.4) is 0 Å². The number of hydrogen-bond acceptors (Lipinski definition) is 6. The van der Waals surface area contributed by atoms with Gasteiger partial charge in [0.2, 0.25) is 0 Å². The highest BCUT2D eigenvalue weighted by Crippen LogP contribution is 2.09. The van der Waals surface area contributed by atoms with Gasteiger partial charge in [-0.2, -0.15) is 15.3 Å². The minimum Gasteiger partial charge on any atom is -0.275 e. The molecule has 0 saturated carbocycles. The second kappa shape index (κ2) is 6.14. The molecule has 0 unspecified atom stereocenters. The van der Waals surface area contributed by atoms with Crippen molar-refractivity contribution in [3.05, 3.63) is 23.8 Å². The largest absolute Gasteiger partial charge is 0.275 e. The third-order valence-electron chi connectivity index (χ3n) is 2.18. The number of nitrogens with zero attached hydrogens (tertiary/aromatic N) is 5. The van der Waals surface area contributed by atoms with Crippen molar-refractivity contribution in [2.75, 3.05) is 5.75 Å². The smallest absolute Gasteiger partial charge is 0.250 e.